The number of nitrogens with one attached hydrogen (secondary N) is 3. The molecule has 1 atom stereocenters. The zero-order valence-corrected chi connectivity index (χ0v) is 22.4. The topological polar surface area (TPSA) is 166 Å². The highest BCUT2D eigenvalue weighted by molar-refractivity contribution is 7.92. The van der Waals surface area contributed by atoms with E-state index >= 15 is 0 Å². The molecule has 2 heterocycles. The van der Waals surface area contributed by atoms with E-state index in [0.29, 0.717) is 47.7 Å². The molecule has 0 spiro atoms. The molecule has 1 aromatic heterocycles. The van der Waals surface area contributed by atoms with E-state index in [1.807, 2.05) is 4.90 Å². The van der Waals surface area contributed by atoms with Gasteiger partial charge < -0.3 is 25.6 Å². The van der Waals surface area contributed by atoms with Crippen molar-refractivity contribution >= 4 is 50.0 Å². The quantitative estimate of drug-likeness (QED) is 0.204. The molecule has 0 aliphatic carbocycles. The normalized spacial score (nSPS) is 15.6. The van der Waals surface area contributed by atoms with Crippen LogP contribution in [0.1, 0.15) is 6.42 Å². The van der Waals surface area contributed by atoms with E-state index in [1.54, 1.807) is 36.4 Å². The Balaban J connectivity index is 1.41. The van der Waals surface area contributed by atoms with Crippen LogP contribution in [0.5, 0.6) is 11.5 Å². The maximum Gasteiger partial charge on any atom is 0.263 e. The largest absolute Gasteiger partial charge is 0.508 e. The molecule has 0 radical (unpaired) electrons. The molecule has 3 aromatic carbocycles. The minimum absolute atomic E-state index is 0.0579. The van der Waals surface area contributed by atoms with Crippen LogP contribution in [0.15, 0.2) is 71.6 Å². The molecule has 1 saturated heterocycles. The van der Waals surface area contributed by atoms with Gasteiger partial charge in [-0.05, 0) is 36.8 Å². The van der Waals surface area contributed by atoms with Gasteiger partial charge >= 0.3 is 0 Å². The number of likely N-dealkylation sites (tertiary alicyclic amines) is 1. The molecule has 1 aliphatic rings. The number of carbonyl (C=O) groups excluding carboxylic acids is 1. The minimum Gasteiger partial charge on any atom is -0.508 e. The first-order valence-corrected chi connectivity index (χ1v) is 13.9. The minimum atomic E-state index is -4.17. The van der Waals surface area contributed by atoms with Gasteiger partial charge in [-0.1, -0.05) is 18.2 Å². The Morgan fingerprint density at radius 3 is 2.48 bits per heavy atom. The second-order valence-electron chi connectivity index (χ2n) is 9.31. The van der Waals surface area contributed by atoms with Gasteiger partial charge in [-0.25, -0.2) is 18.4 Å². The van der Waals surface area contributed by atoms with Crippen molar-refractivity contribution in [3.8, 4) is 11.5 Å². The summed E-state index contributed by atoms with van der Waals surface area (Å²) in [6.07, 6.45) is 0.166. The highest BCUT2D eigenvalue weighted by atomic mass is 32.2. The third kappa shape index (κ3) is 6.39. The number of phenolic OH excluding ortho intramolecular Hbond substituents is 1. The zero-order valence-electron chi connectivity index (χ0n) is 21.5. The van der Waals surface area contributed by atoms with Gasteiger partial charge in [0.05, 0.1) is 35.7 Å². The number of hydrogen-bond donors (Lipinski definition) is 5. The maximum atomic E-state index is 13.4. The smallest absolute Gasteiger partial charge is 0.263 e. The van der Waals surface area contributed by atoms with Gasteiger partial charge in [0.25, 0.3) is 10.0 Å². The summed E-state index contributed by atoms with van der Waals surface area (Å²) in [5.74, 6) is 0.0518. The number of sulfonamides is 1. The van der Waals surface area contributed by atoms with Gasteiger partial charge in [-0.15, -0.1) is 0 Å². The molecular weight excluding hydrogens is 536 g/mol. The van der Waals surface area contributed by atoms with Crippen LogP contribution in [-0.2, 0) is 14.8 Å². The third-order valence-electron chi connectivity index (χ3n) is 6.23. The molecule has 1 aliphatic heterocycles. The zero-order chi connectivity index (χ0) is 28.3. The lowest BCUT2D eigenvalue weighted by molar-refractivity contribution is -0.117. The molecule has 4 aromatic rings. The fourth-order valence-corrected chi connectivity index (χ4v) is 5.41. The van der Waals surface area contributed by atoms with Crippen molar-refractivity contribution < 1.29 is 28.2 Å². The number of β-amino-alcohol motifs (C(OH)–C–C–N with tert-alkyl or cyclic N) is 1. The fraction of sp³-hybridized carbons (Fsp3) is 0.222. The maximum absolute atomic E-state index is 13.4. The Bertz CT molecular complexity index is 1660. The van der Waals surface area contributed by atoms with E-state index in [-0.39, 0.29) is 34.7 Å². The van der Waals surface area contributed by atoms with Crippen molar-refractivity contribution in [3.63, 3.8) is 0 Å². The van der Waals surface area contributed by atoms with Crippen molar-refractivity contribution in [2.24, 2.45) is 0 Å². The van der Waals surface area contributed by atoms with Crippen LogP contribution in [0.25, 0.3) is 11.0 Å². The third-order valence-corrected chi connectivity index (χ3v) is 7.57. The van der Waals surface area contributed by atoms with Crippen molar-refractivity contribution in [3.05, 3.63) is 66.7 Å². The predicted octanol–water partition coefficient (Wildman–Crippen LogP) is 2.89. The van der Waals surface area contributed by atoms with Crippen LogP contribution < -0.4 is 20.1 Å². The van der Waals surface area contributed by atoms with Crippen LogP contribution in [0, 0.1) is 0 Å². The molecule has 12 nitrogen and oxygen atoms in total. The number of aliphatic hydroxyl groups is 1. The number of anilines is 4. The number of para-hydroxylation sites is 2. The number of methoxy groups -OCH3 is 1. The Labute approximate surface area is 230 Å². The van der Waals surface area contributed by atoms with Crippen molar-refractivity contribution in [1.82, 2.24) is 14.9 Å². The number of nitrogens with zero attached hydrogens (tertiary/aromatic N) is 3. The molecule has 0 unspecified atom stereocenters. The molecular formula is C27H28N6O6S. The molecule has 208 valence electrons. The number of fused-ring (bicyclic) bond motifs is 1. The van der Waals surface area contributed by atoms with E-state index < -0.39 is 16.1 Å². The predicted molar refractivity (Wildman–Crippen MR) is 150 cm³/mol. The van der Waals surface area contributed by atoms with E-state index in [9.17, 15) is 23.4 Å². The van der Waals surface area contributed by atoms with Gasteiger partial charge in [0.1, 0.15) is 11.5 Å². The monoisotopic (exact) mass is 564 g/mol. The highest BCUT2D eigenvalue weighted by Crippen LogP contribution is 2.31. The lowest BCUT2D eigenvalue weighted by Gasteiger charge is -2.16. The summed E-state index contributed by atoms with van der Waals surface area (Å²) in [6, 6.07) is 17.3. The summed E-state index contributed by atoms with van der Waals surface area (Å²) < 4.78 is 34.6. The van der Waals surface area contributed by atoms with Crippen molar-refractivity contribution in [2.75, 3.05) is 42.1 Å². The van der Waals surface area contributed by atoms with Crippen LogP contribution in [0.4, 0.5) is 23.0 Å². The van der Waals surface area contributed by atoms with Crippen molar-refractivity contribution in [1.29, 1.82) is 0 Å². The Morgan fingerprint density at radius 1 is 1.02 bits per heavy atom. The standard InChI is InChI=1S/C27H28N6O6S/c1-39-21-12-18(11-20(35)14-21)29-26-27(31-24-8-3-2-7-23(24)30-26)32-40(37,38)22-6-4-5-17(13-22)28-25(36)16-33-10-9-19(34)15-33/h2-8,11-14,19,34-35H,9-10,15-16H2,1H3,(H,28,36)(H,29,30)(H,31,32)/t19-/m0/s1. The second-order valence-corrected chi connectivity index (χ2v) is 11.0. The fourth-order valence-electron chi connectivity index (χ4n) is 4.36. The number of aliphatic hydroxyl groups excluding tert-OH is 1. The van der Waals surface area contributed by atoms with Gasteiger partial charge in [0.2, 0.25) is 5.91 Å². The summed E-state index contributed by atoms with van der Waals surface area (Å²) in [5.41, 5.74) is 1.70. The molecule has 1 fully saturated rings. The Kier molecular flexibility index (Phi) is 7.69. The molecule has 13 heteroatoms. The number of aromatic hydroxyl groups is 1. The first kappa shape index (κ1) is 27.1. The first-order valence-electron chi connectivity index (χ1n) is 12.4. The van der Waals surface area contributed by atoms with E-state index in [0.717, 1.165) is 0 Å². The number of carbonyl (C=O) groups is 1. The molecule has 5 N–H and O–H groups in total. The number of ether oxygens (including phenoxy) is 1. The summed E-state index contributed by atoms with van der Waals surface area (Å²) in [6.45, 7) is 1.13. The average Bonchev–Trinajstić information content (AvgIpc) is 3.32. The lowest BCUT2D eigenvalue weighted by Crippen LogP contribution is -2.32. The summed E-state index contributed by atoms with van der Waals surface area (Å²) in [4.78, 5) is 23.2. The Hall–Kier alpha value is -4.46. The molecule has 1 amide bonds. The second kappa shape index (κ2) is 11.3. The first-order chi connectivity index (χ1) is 19.2. The number of benzene rings is 3. The highest BCUT2D eigenvalue weighted by Gasteiger charge is 2.23. The van der Waals surface area contributed by atoms with Gasteiger partial charge in [-0.3, -0.25) is 14.4 Å². The number of amides is 1. The van der Waals surface area contributed by atoms with Crippen LogP contribution in [-0.4, -0.2) is 72.3 Å². The molecule has 0 bridgehead atoms. The Morgan fingerprint density at radius 2 is 1.77 bits per heavy atom. The SMILES string of the molecule is COc1cc(O)cc(Nc2nc3ccccc3nc2NS(=O)(=O)c2cccc(NC(=O)CN3CC[C@H](O)C3)c2)c1. The molecule has 5 rings (SSSR count). The average molecular weight is 565 g/mol. The summed E-state index contributed by atoms with van der Waals surface area (Å²) in [7, 11) is -2.71. The van der Waals surface area contributed by atoms with Crippen molar-refractivity contribution in [2.45, 2.75) is 17.4 Å². The molecule has 0 saturated carbocycles. The van der Waals surface area contributed by atoms with Crippen LogP contribution >= 0.6 is 0 Å². The number of aromatic nitrogens is 2. The van der Waals surface area contributed by atoms with Gasteiger partial charge in [0.15, 0.2) is 11.6 Å². The van der Waals surface area contributed by atoms with Crippen LogP contribution in [0.2, 0.25) is 0 Å². The summed E-state index contributed by atoms with van der Waals surface area (Å²) >= 11 is 0. The van der Waals surface area contributed by atoms with E-state index in [1.165, 1.54) is 37.4 Å². The van der Waals surface area contributed by atoms with Gasteiger partial charge in [0, 0.05) is 42.7 Å². The number of hydrogen-bond acceptors (Lipinski definition) is 10. The molecule has 40 heavy (non-hydrogen) atoms. The summed E-state index contributed by atoms with van der Waals surface area (Å²) in [5, 5.41) is 25.4. The van der Waals surface area contributed by atoms with E-state index in [2.05, 4.69) is 25.3 Å². The number of rotatable bonds is 9. The van der Waals surface area contributed by atoms with Crippen LogP contribution in [0.3, 0.4) is 0 Å². The van der Waals surface area contributed by atoms with Gasteiger partial charge in [-0.2, -0.15) is 0 Å². The van der Waals surface area contributed by atoms with E-state index in [4.69, 9.17) is 4.74 Å². The lowest BCUT2D eigenvalue weighted by atomic mass is 10.2. The number of phenols is 1.